The fraction of sp³-hybridized carbons (Fsp3) is 0.786. The molecular formula is C42H66N6O4. The maximum Gasteiger partial charge on any atom is 0.300 e. The molecular weight excluding hydrogens is 652 g/mol. The number of nitro groups is 1. The van der Waals surface area contributed by atoms with E-state index >= 15 is 0 Å². The number of rotatable bonds is 18. The summed E-state index contributed by atoms with van der Waals surface area (Å²) in [6, 6.07) is 3.59. The molecule has 52 heavy (non-hydrogen) atoms. The first-order chi connectivity index (χ1) is 25.0. The van der Waals surface area contributed by atoms with Crippen LogP contribution in [0, 0.1) is 56.5 Å². The fourth-order valence-electron chi connectivity index (χ4n) is 11.5. The Kier molecular flexibility index (Phi) is 12.6. The number of nitrogens with one attached hydrogen (secondary N) is 3. The highest BCUT2D eigenvalue weighted by atomic mass is 16.6. The average Bonchev–Trinajstić information content (AvgIpc) is 3.74. The number of aromatic nitrogens is 2. The number of hydrogen-bond acceptors (Lipinski definition) is 8. The van der Waals surface area contributed by atoms with E-state index < -0.39 is 4.92 Å². The molecule has 3 fully saturated rings. The summed E-state index contributed by atoms with van der Waals surface area (Å²) in [4.78, 5) is 23.1. The van der Waals surface area contributed by atoms with Crippen molar-refractivity contribution in [2.45, 2.75) is 143 Å². The first kappa shape index (κ1) is 38.7. The Labute approximate surface area is 311 Å². The number of nitrogens with zero attached hydrogens (tertiary/aromatic N) is 3. The third-order valence-corrected chi connectivity index (χ3v) is 14.4. The van der Waals surface area contributed by atoms with Crippen molar-refractivity contribution in [1.29, 1.82) is 0 Å². The molecule has 4 aliphatic rings. The van der Waals surface area contributed by atoms with Crippen LogP contribution in [-0.2, 0) is 4.79 Å². The van der Waals surface area contributed by atoms with Gasteiger partial charge in [-0.2, -0.15) is 0 Å². The second-order valence-electron chi connectivity index (χ2n) is 18.0. The molecule has 10 heteroatoms. The van der Waals surface area contributed by atoms with Gasteiger partial charge in [-0.15, -0.1) is 0 Å². The van der Waals surface area contributed by atoms with Gasteiger partial charge in [-0.25, -0.2) is 4.63 Å². The Morgan fingerprint density at radius 1 is 0.942 bits per heavy atom. The summed E-state index contributed by atoms with van der Waals surface area (Å²) in [7, 11) is 0. The molecule has 8 atom stereocenters. The number of carbonyl (C=O) groups excluding carboxylic acids is 1. The molecule has 1 heterocycles. The van der Waals surface area contributed by atoms with Crippen LogP contribution in [0.5, 0.6) is 0 Å². The van der Waals surface area contributed by atoms with Gasteiger partial charge in [0.15, 0.2) is 5.52 Å². The minimum absolute atomic E-state index is 0.117. The Balaban J connectivity index is 0.856. The molecule has 1 aromatic carbocycles. The van der Waals surface area contributed by atoms with Crippen molar-refractivity contribution < 1.29 is 14.3 Å². The highest BCUT2D eigenvalue weighted by Gasteiger charge is 2.59. The fourth-order valence-corrected chi connectivity index (χ4v) is 11.5. The van der Waals surface area contributed by atoms with E-state index in [9.17, 15) is 14.9 Å². The Hall–Kier alpha value is -3.01. The standard InChI is InChI=1S/C42H66N6O4/c1-28(2)11-9-12-29(3)33-16-17-34-32-15-14-30-27-31(20-22-41(30,4)35(32)21-23-42(33,34)5)43-25-10-26-45-38(49)13-7-6-8-24-44-36-18-19-37(48(50)51)40-39(36)46-52-47-40/h14,18-19,28-29,31-35,43-44H,6-13,15-17,20-27H2,1-5H3,(H,45,49)/t29-,31+,32+,33-,34+,35+,41+,42-/m1/s1. The molecule has 1 amide bonds. The molecule has 0 bridgehead atoms. The largest absolute Gasteiger partial charge is 0.383 e. The van der Waals surface area contributed by atoms with Gasteiger partial charge in [0.1, 0.15) is 0 Å². The second-order valence-corrected chi connectivity index (χ2v) is 18.0. The van der Waals surface area contributed by atoms with E-state index in [4.69, 9.17) is 4.63 Å². The lowest BCUT2D eigenvalue weighted by Crippen LogP contribution is -2.51. The number of amides is 1. The zero-order valence-corrected chi connectivity index (χ0v) is 32.7. The molecule has 0 saturated heterocycles. The van der Waals surface area contributed by atoms with E-state index in [0.29, 0.717) is 47.6 Å². The Bertz CT molecular complexity index is 1560. The molecule has 3 saturated carbocycles. The van der Waals surface area contributed by atoms with Crippen molar-refractivity contribution in [2.24, 2.45) is 46.3 Å². The predicted molar refractivity (Wildman–Crippen MR) is 208 cm³/mol. The summed E-state index contributed by atoms with van der Waals surface area (Å²) in [5, 5.41) is 28.9. The summed E-state index contributed by atoms with van der Waals surface area (Å²) in [6.07, 6.45) is 21.9. The van der Waals surface area contributed by atoms with Crippen molar-refractivity contribution >= 4 is 28.3 Å². The van der Waals surface area contributed by atoms with Crippen molar-refractivity contribution in [3.63, 3.8) is 0 Å². The maximum absolute atomic E-state index is 12.4. The number of hydrogen-bond donors (Lipinski definition) is 3. The number of benzene rings is 1. The highest BCUT2D eigenvalue weighted by Crippen LogP contribution is 2.67. The molecule has 3 N–H and O–H groups in total. The molecule has 4 aliphatic carbocycles. The lowest BCUT2D eigenvalue weighted by atomic mass is 9.47. The number of fused-ring (bicyclic) bond motifs is 6. The molecule has 1 aromatic heterocycles. The van der Waals surface area contributed by atoms with Crippen LogP contribution in [0.15, 0.2) is 28.4 Å². The van der Waals surface area contributed by atoms with Gasteiger partial charge < -0.3 is 16.0 Å². The number of nitro benzene ring substituents is 1. The molecule has 0 spiro atoms. The quantitative estimate of drug-likeness (QED) is 0.0600. The topological polar surface area (TPSA) is 135 Å². The van der Waals surface area contributed by atoms with E-state index in [2.05, 4.69) is 67.0 Å². The smallest absolute Gasteiger partial charge is 0.300 e. The van der Waals surface area contributed by atoms with Gasteiger partial charge in [0.25, 0.3) is 0 Å². The lowest BCUT2D eigenvalue weighted by molar-refractivity contribution is -0.383. The Morgan fingerprint density at radius 2 is 1.77 bits per heavy atom. The summed E-state index contributed by atoms with van der Waals surface area (Å²) >= 11 is 0. The molecule has 10 nitrogen and oxygen atoms in total. The zero-order chi connectivity index (χ0) is 36.9. The van der Waals surface area contributed by atoms with Gasteiger partial charge in [-0.1, -0.05) is 72.0 Å². The van der Waals surface area contributed by atoms with Crippen molar-refractivity contribution in [3.8, 4) is 0 Å². The van der Waals surface area contributed by atoms with Gasteiger partial charge in [-0.05, 0) is 140 Å². The van der Waals surface area contributed by atoms with Crippen LogP contribution in [0.25, 0.3) is 11.0 Å². The van der Waals surface area contributed by atoms with Gasteiger partial charge in [0.2, 0.25) is 11.4 Å². The zero-order valence-electron chi connectivity index (χ0n) is 32.7. The summed E-state index contributed by atoms with van der Waals surface area (Å²) in [5.41, 5.74) is 3.72. The van der Waals surface area contributed by atoms with E-state index in [1.54, 1.807) is 11.6 Å². The normalized spacial score (nSPS) is 30.3. The number of anilines is 1. The van der Waals surface area contributed by atoms with Crippen LogP contribution in [0.1, 0.15) is 137 Å². The molecule has 288 valence electrons. The SMILES string of the molecule is CC(C)CCC[C@@H](C)[C@H]1CC[C@H]2[C@@H]3CC=C4C[C@@H](NCCCNC(=O)CCCCCNc5ccc([N+](=O)[O-])c6nonc56)CC[C@]4(C)[C@H]3CC[C@]12C. The minimum Gasteiger partial charge on any atom is -0.383 e. The minimum atomic E-state index is -0.491. The van der Waals surface area contributed by atoms with E-state index in [-0.39, 0.29) is 17.1 Å². The van der Waals surface area contributed by atoms with Gasteiger partial charge in [-0.3, -0.25) is 14.9 Å². The third-order valence-electron chi connectivity index (χ3n) is 14.4. The summed E-state index contributed by atoms with van der Waals surface area (Å²) in [6.45, 7) is 15.0. The van der Waals surface area contributed by atoms with Gasteiger partial charge in [0.05, 0.1) is 10.6 Å². The van der Waals surface area contributed by atoms with Gasteiger partial charge in [0, 0.05) is 31.6 Å². The summed E-state index contributed by atoms with van der Waals surface area (Å²) in [5.74, 6) is 5.41. The highest BCUT2D eigenvalue weighted by molar-refractivity contribution is 5.93. The van der Waals surface area contributed by atoms with Crippen molar-refractivity contribution in [3.05, 3.63) is 33.9 Å². The van der Waals surface area contributed by atoms with Crippen LogP contribution in [0.4, 0.5) is 11.4 Å². The Morgan fingerprint density at radius 3 is 2.58 bits per heavy atom. The number of allylic oxidation sites excluding steroid dienone is 1. The van der Waals surface area contributed by atoms with Gasteiger partial charge >= 0.3 is 5.69 Å². The molecule has 6 rings (SSSR count). The second kappa shape index (κ2) is 17.0. The number of unbranched alkanes of at least 4 members (excludes halogenated alkanes) is 2. The van der Waals surface area contributed by atoms with E-state index in [1.165, 1.54) is 76.7 Å². The van der Waals surface area contributed by atoms with Crippen LogP contribution in [0.3, 0.4) is 0 Å². The first-order valence-electron chi connectivity index (χ1n) is 20.8. The molecule has 0 aliphatic heterocycles. The molecule has 0 unspecified atom stereocenters. The molecule has 0 radical (unpaired) electrons. The average molecular weight is 719 g/mol. The van der Waals surface area contributed by atoms with Crippen LogP contribution < -0.4 is 16.0 Å². The first-order valence-corrected chi connectivity index (χ1v) is 20.8. The van der Waals surface area contributed by atoms with Crippen molar-refractivity contribution in [2.75, 3.05) is 25.0 Å². The number of non-ortho nitro benzene ring substituents is 1. The summed E-state index contributed by atoms with van der Waals surface area (Å²) < 4.78 is 4.72. The lowest BCUT2D eigenvalue weighted by Gasteiger charge is -2.58. The number of carbonyl (C=O) groups is 1. The maximum atomic E-state index is 12.4. The predicted octanol–water partition coefficient (Wildman–Crippen LogP) is 9.61. The van der Waals surface area contributed by atoms with E-state index in [1.807, 2.05) is 0 Å². The van der Waals surface area contributed by atoms with Crippen LogP contribution in [0.2, 0.25) is 0 Å². The third kappa shape index (κ3) is 8.37. The molecule has 2 aromatic rings. The van der Waals surface area contributed by atoms with E-state index in [0.717, 1.165) is 67.7 Å². The monoisotopic (exact) mass is 719 g/mol. The van der Waals surface area contributed by atoms with Crippen LogP contribution in [-0.4, -0.2) is 46.8 Å². The van der Waals surface area contributed by atoms with Crippen LogP contribution >= 0.6 is 0 Å². The van der Waals surface area contributed by atoms with Crippen molar-refractivity contribution in [1.82, 2.24) is 20.9 Å².